The van der Waals surface area contributed by atoms with Gasteiger partial charge in [-0.2, -0.15) is 0 Å². The highest BCUT2D eigenvalue weighted by molar-refractivity contribution is 5.96. The van der Waals surface area contributed by atoms with Gasteiger partial charge in [-0.25, -0.2) is 4.79 Å². The Morgan fingerprint density at radius 2 is 1.86 bits per heavy atom. The monoisotopic (exact) mass is 396 g/mol. The lowest BCUT2D eigenvalue weighted by Gasteiger charge is -2.17. The Labute approximate surface area is 169 Å². The minimum absolute atomic E-state index is 0.0840. The molecule has 0 bridgehead atoms. The van der Waals surface area contributed by atoms with E-state index in [2.05, 4.69) is 5.32 Å². The molecule has 1 aliphatic heterocycles. The fourth-order valence-electron chi connectivity index (χ4n) is 3.16. The minimum atomic E-state index is -0.947. The predicted molar refractivity (Wildman–Crippen MR) is 108 cm³/mol. The van der Waals surface area contributed by atoms with E-state index in [-0.39, 0.29) is 12.5 Å². The molecule has 7 nitrogen and oxygen atoms in total. The molecule has 1 fully saturated rings. The summed E-state index contributed by atoms with van der Waals surface area (Å²) in [6, 6.07) is 14.0. The van der Waals surface area contributed by atoms with Crippen LogP contribution < -0.4 is 15.0 Å². The molecule has 2 aromatic rings. The summed E-state index contributed by atoms with van der Waals surface area (Å²) in [5, 5.41) is 2.74. The van der Waals surface area contributed by atoms with E-state index in [0.29, 0.717) is 24.3 Å². The maximum atomic E-state index is 12.3. The third-order valence-corrected chi connectivity index (χ3v) is 4.79. The van der Waals surface area contributed by atoms with Crippen molar-refractivity contribution in [3.63, 3.8) is 0 Å². The maximum absolute atomic E-state index is 12.3. The molecule has 152 valence electrons. The lowest BCUT2D eigenvalue weighted by Crippen LogP contribution is -2.35. The molecule has 0 aromatic heterocycles. The molecular weight excluding hydrogens is 372 g/mol. The van der Waals surface area contributed by atoms with Crippen molar-refractivity contribution < 1.29 is 23.9 Å². The van der Waals surface area contributed by atoms with Gasteiger partial charge in [0.25, 0.3) is 5.91 Å². The van der Waals surface area contributed by atoms with Gasteiger partial charge >= 0.3 is 5.97 Å². The van der Waals surface area contributed by atoms with Crippen LogP contribution in [0.3, 0.4) is 0 Å². The van der Waals surface area contributed by atoms with Crippen LogP contribution in [0.4, 0.5) is 5.69 Å². The molecule has 7 heteroatoms. The van der Waals surface area contributed by atoms with Crippen LogP contribution >= 0.6 is 0 Å². The highest BCUT2D eigenvalue weighted by Gasteiger charge is 2.23. The first-order chi connectivity index (χ1) is 14.0. The maximum Gasteiger partial charge on any atom is 0.338 e. The average Bonchev–Trinajstić information content (AvgIpc) is 3.18. The van der Waals surface area contributed by atoms with Gasteiger partial charge in [0.05, 0.1) is 12.7 Å². The number of amides is 2. The number of hydrogen-bond donors (Lipinski definition) is 1. The van der Waals surface area contributed by atoms with E-state index in [0.717, 1.165) is 17.7 Å². The summed E-state index contributed by atoms with van der Waals surface area (Å²) < 4.78 is 10.5. The molecule has 2 aromatic carbocycles. The van der Waals surface area contributed by atoms with Crippen LogP contribution in [-0.4, -0.2) is 37.5 Å². The van der Waals surface area contributed by atoms with Gasteiger partial charge in [-0.3, -0.25) is 9.59 Å². The fraction of sp³-hybridized carbons (Fsp3) is 0.318. The van der Waals surface area contributed by atoms with E-state index >= 15 is 0 Å². The molecular formula is C22H24N2O5. The van der Waals surface area contributed by atoms with E-state index in [9.17, 15) is 14.4 Å². The smallest absolute Gasteiger partial charge is 0.338 e. The van der Waals surface area contributed by atoms with Crippen molar-refractivity contribution in [1.29, 1.82) is 0 Å². The molecule has 0 aliphatic carbocycles. The SMILES string of the molecule is COc1ccccc1CNC(=O)[C@H](C)OC(=O)c1ccc(N2CCCC2=O)cc1. The summed E-state index contributed by atoms with van der Waals surface area (Å²) in [5.74, 6) is -0.234. The van der Waals surface area contributed by atoms with Crippen LogP contribution in [0, 0.1) is 0 Å². The van der Waals surface area contributed by atoms with Crippen molar-refractivity contribution in [1.82, 2.24) is 5.32 Å². The van der Waals surface area contributed by atoms with Crippen LogP contribution in [0.2, 0.25) is 0 Å². The second-order valence-corrected chi connectivity index (χ2v) is 6.77. The zero-order valence-electron chi connectivity index (χ0n) is 16.5. The van der Waals surface area contributed by atoms with Gasteiger partial charge < -0.3 is 19.7 Å². The van der Waals surface area contributed by atoms with Gasteiger partial charge in [0, 0.05) is 30.8 Å². The molecule has 0 unspecified atom stereocenters. The standard InChI is InChI=1S/C22H24N2O5/c1-15(21(26)23-14-17-6-3-4-7-19(17)28-2)29-22(27)16-9-11-18(12-10-16)24-13-5-8-20(24)25/h3-4,6-7,9-12,15H,5,8,13-14H2,1-2H3,(H,23,26)/t15-/m0/s1. The molecule has 1 atom stereocenters. The Morgan fingerprint density at radius 1 is 1.14 bits per heavy atom. The van der Waals surface area contributed by atoms with Gasteiger partial charge in [-0.1, -0.05) is 18.2 Å². The number of methoxy groups -OCH3 is 1. The van der Waals surface area contributed by atoms with Crippen LogP contribution in [0.1, 0.15) is 35.7 Å². The molecule has 3 rings (SSSR count). The second-order valence-electron chi connectivity index (χ2n) is 6.77. The highest BCUT2D eigenvalue weighted by Crippen LogP contribution is 2.22. The van der Waals surface area contributed by atoms with E-state index < -0.39 is 18.0 Å². The molecule has 1 N–H and O–H groups in total. The number of carbonyl (C=O) groups excluding carboxylic acids is 3. The number of anilines is 1. The number of carbonyl (C=O) groups is 3. The summed E-state index contributed by atoms with van der Waals surface area (Å²) in [6.45, 7) is 2.47. The third kappa shape index (κ3) is 4.93. The lowest BCUT2D eigenvalue weighted by molar-refractivity contribution is -0.129. The zero-order valence-corrected chi connectivity index (χ0v) is 16.5. The molecule has 29 heavy (non-hydrogen) atoms. The molecule has 0 saturated carbocycles. The Morgan fingerprint density at radius 3 is 2.52 bits per heavy atom. The number of hydrogen-bond acceptors (Lipinski definition) is 5. The molecule has 1 saturated heterocycles. The normalized spacial score (nSPS) is 14.4. The fourth-order valence-corrected chi connectivity index (χ4v) is 3.16. The topological polar surface area (TPSA) is 84.9 Å². The van der Waals surface area contributed by atoms with Crippen molar-refractivity contribution in [2.24, 2.45) is 0 Å². The minimum Gasteiger partial charge on any atom is -0.496 e. The summed E-state index contributed by atoms with van der Waals surface area (Å²) >= 11 is 0. The summed E-state index contributed by atoms with van der Waals surface area (Å²) in [4.78, 5) is 38.1. The van der Waals surface area contributed by atoms with E-state index in [4.69, 9.17) is 9.47 Å². The first-order valence-electron chi connectivity index (χ1n) is 9.50. The molecule has 0 radical (unpaired) electrons. The zero-order chi connectivity index (χ0) is 20.8. The van der Waals surface area contributed by atoms with Crippen LogP contribution in [0.15, 0.2) is 48.5 Å². The van der Waals surface area contributed by atoms with Crippen molar-refractivity contribution >= 4 is 23.5 Å². The van der Waals surface area contributed by atoms with Gasteiger partial charge in [0.2, 0.25) is 5.91 Å². The highest BCUT2D eigenvalue weighted by atomic mass is 16.5. The van der Waals surface area contributed by atoms with Crippen LogP contribution in [0.5, 0.6) is 5.75 Å². The van der Waals surface area contributed by atoms with Gasteiger partial charge in [-0.05, 0) is 43.7 Å². The van der Waals surface area contributed by atoms with Crippen LogP contribution in [0.25, 0.3) is 0 Å². The van der Waals surface area contributed by atoms with Gasteiger partial charge in [0.1, 0.15) is 5.75 Å². The molecule has 1 heterocycles. The number of ether oxygens (including phenoxy) is 2. The Bertz CT molecular complexity index is 894. The van der Waals surface area contributed by atoms with Gasteiger partial charge in [-0.15, -0.1) is 0 Å². The second kappa shape index (κ2) is 9.23. The predicted octanol–water partition coefficient (Wildman–Crippen LogP) is 2.68. The van der Waals surface area contributed by atoms with Crippen LogP contribution in [-0.2, 0) is 20.9 Å². The molecule has 1 aliphatic rings. The van der Waals surface area contributed by atoms with E-state index in [1.54, 1.807) is 36.3 Å². The quantitative estimate of drug-likeness (QED) is 0.728. The summed E-state index contributed by atoms with van der Waals surface area (Å²) in [6.07, 6.45) is 0.437. The Hall–Kier alpha value is -3.35. The third-order valence-electron chi connectivity index (χ3n) is 4.79. The largest absolute Gasteiger partial charge is 0.496 e. The number of nitrogens with zero attached hydrogens (tertiary/aromatic N) is 1. The number of benzene rings is 2. The van der Waals surface area contributed by atoms with Crippen molar-refractivity contribution in [3.05, 3.63) is 59.7 Å². The summed E-state index contributed by atoms with van der Waals surface area (Å²) in [5.41, 5.74) is 1.91. The Kier molecular flexibility index (Phi) is 6.49. The average molecular weight is 396 g/mol. The molecule has 2 amide bonds. The van der Waals surface area contributed by atoms with Gasteiger partial charge in [0.15, 0.2) is 6.10 Å². The number of esters is 1. The molecule has 0 spiro atoms. The summed E-state index contributed by atoms with van der Waals surface area (Å²) in [7, 11) is 1.57. The number of rotatable bonds is 7. The number of para-hydroxylation sites is 1. The first kappa shape index (κ1) is 20.4. The lowest BCUT2D eigenvalue weighted by atomic mass is 10.2. The Balaban J connectivity index is 1.54. The van der Waals surface area contributed by atoms with E-state index in [1.807, 2.05) is 24.3 Å². The first-order valence-corrected chi connectivity index (χ1v) is 9.50. The number of nitrogens with one attached hydrogen (secondary N) is 1. The van der Waals surface area contributed by atoms with Crippen molar-refractivity contribution in [2.45, 2.75) is 32.4 Å². The van der Waals surface area contributed by atoms with Crippen molar-refractivity contribution in [2.75, 3.05) is 18.6 Å². The van der Waals surface area contributed by atoms with E-state index in [1.165, 1.54) is 6.92 Å². The van der Waals surface area contributed by atoms with Crippen molar-refractivity contribution in [3.8, 4) is 5.75 Å².